The van der Waals surface area contributed by atoms with Gasteiger partial charge in [-0.15, -0.1) is 0 Å². The van der Waals surface area contributed by atoms with Crippen LogP contribution in [0.1, 0.15) is 11.3 Å². The number of nitrogens with zero attached hydrogens (tertiary/aromatic N) is 2. The fourth-order valence-corrected chi connectivity index (χ4v) is 2.19. The summed E-state index contributed by atoms with van der Waals surface area (Å²) in [5, 5.41) is 2.95. The molecule has 0 saturated carbocycles. The van der Waals surface area contributed by atoms with Crippen molar-refractivity contribution < 1.29 is 8.78 Å². The Hall–Kier alpha value is -3.02. The molecular formula is C17H13F2N3O. The predicted molar refractivity (Wildman–Crippen MR) is 84.7 cm³/mol. The van der Waals surface area contributed by atoms with Gasteiger partial charge in [-0.1, -0.05) is 18.2 Å². The molecular weight excluding hydrogens is 300 g/mol. The van der Waals surface area contributed by atoms with Gasteiger partial charge >= 0.3 is 0 Å². The van der Waals surface area contributed by atoms with E-state index in [-0.39, 0.29) is 11.2 Å². The second kappa shape index (κ2) is 6.00. The van der Waals surface area contributed by atoms with Crippen molar-refractivity contribution in [1.29, 1.82) is 0 Å². The molecule has 0 spiro atoms. The third kappa shape index (κ3) is 2.96. The Morgan fingerprint density at radius 1 is 1.13 bits per heavy atom. The first-order valence-corrected chi connectivity index (χ1v) is 6.92. The summed E-state index contributed by atoms with van der Waals surface area (Å²) in [5.74, 6) is -1.46. The van der Waals surface area contributed by atoms with Crippen molar-refractivity contribution in [2.75, 3.05) is 0 Å². The maximum absolute atomic E-state index is 13.6. The van der Waals surface area contributed by atoms with Crippen molar-refractivity contribution in [3.63, 3.8) is 0 Å². The molecule has 116 valence electrons. The standard InChI is InChI=1S/C17H13F2N3O/c1-11-14(10-20-16-8-7-12(18)9-15(16)19)17(23)22(21-11)13-5-3-2-4-6-13/h2-10,21H,1H3. The van der Waals surface area contributed by atoms with Gasteiger partial charge in [0.2, 0.25) is 0 Å². The van der Waals surface area contributed by atoms with E-state index < -0.39 is 11.6 Å². The van der Waals surface area contributed by atoms with Gasteiger partial charge in [0.15, 0.2) is 5.82 Å². The van der Waals surface area contributed by atoms with E-state index in [1.807, 2.05) is 18.2 Å². The Morgan fingerprint density at radius 3 is 2.57 bits per heavy atom. The summed E-state index contributed by atoms with van der Waals surface area (Å²) in [6.07, 6.45) is 1.28. The molecule has 1 heterocycles. The van der Waals surface area contributed by atoms with Gasteiger partial charge in [0.05, 0.1) is 16.9 Å². The molecule has 0 radical (unpaired) electrons. The Labute approximate surface area is 130 Å². The summed E-state index contributed by atoms with van der Waals surface area (Å²) >= 11 is 0. The first-order chi connectivity index (χ1) is 11.1. The number of nitrogens with one attached hydrogen (secondary N) is 1. The number of hydrogen-bond acceptors (Lipinski definition) is 2. The van der Waals surface area contributed by atoms with Crippen LogP contribution in [-0.4, -0.2) is 16.0 Å². The van der Waals surface area contributed by atoms with Crippen LogP contribution in [-0.2, 0) is 0 Å². The number of rotatable bonds is 3. The number of halogens is 2. The zero-order valence-corrected chi connectivity index (χ0v) is 12.3. The van der Waals surface area contributed by atoms with Gasteiger partial charge in [0.1, 0.15) is 5.82 Å². The first-order valence-electron chi connectivity index (χ1n) is 6.92. The topological polar surface area (TPSA) is 50.1 Å². The number of hydrogen-bond donors (Lipinski definition) is 1. The lowest BCUT2D eigenvalue weighted by Crippen LogP contribution is -2.17. The quantitative estimate of drug-likeness (QED) is 0.739. The number of benzene rings is 2. The lowest BCUT2D eigenvalue weighted by atomic mass is 10.2. The maximum atomic E-state index is 13.6. The van der Waals surface area contributed by atoms with E-state index >= 15 is 0 Å². The van der Waals surface area contributed by atoms with Crippen molar-refractivity contribution in [2.24, 2.45) is 4.99 Å². The second-order valence-corrected chi connectivity index (χ2v) is 4.98. The van der Waals surface area contributed by atoms with Gasteiger partial charge in [-0.05, 0) is 31.2 Å². The summed E-state index contributed by atoms with van der Waals surface area (Å²) in [7, 11) is 0. The number of H-pyrrole nitrogens is 1. The second-order valence-electron chi connectivity index (χ2n) is 4.98. The average Bonchev–Trinajstić information content (AvgIpc) is 2.82. The SMILES string of the molecule is Cc1[nH]n(-c2ccccc2)c(=O)c1C=Nc1ccc(F)cc1F. The molecule has 0 unspecified atom stereocenters. The van der Waals surface area contributed by atoms with Crippen LogP contribution in [0.15, 0.2) is 58.3 Å². The molecule has 3 aromatic rings. The Morgan fingerprint density at radius 2 is 1.87 bits per heavy atom. The van der Waals surface area contributed by atoms with Crippen LogP contribution in [0.4, 0.5) is 14.5 Å². The number of aromatic amines is 1. The summed E-state index contributed by atoms with van der Waals surface area (Å²) < 4.78 is 27.8. The number of para-hydroxylation sites is 1. The third-order valence-corrected chi connectivity index (χ3v) is 3.37. The van der Waals surface area contributed by atoms with Gasteiger partial charge in [-0.2, -0.15) is 0 Å². The Balaban J connectivity index is 2.00. The molecule has 6 heteroatoms. The maximum Gasteiger partial charge on any atom is 0.280 e. The molecule has 1 aromatic heterocycles. The van der Waals surface area contributed by atoms with Crippen LogP contribution in [0, 0.1) is 18.6 Å². The molecule has 0 aliphatic carbocycles. The largest absolute Gasteiger partial charge is 0.295 e. The van der Waals surface area contributed by atoms with E-state index in [1.165, 1.54) is 17.0 Å². The van der Waals surface area contributed by atoms with Gasteiger partial charge in [0, 0.05) is 18.0 Å². The Kier molecular flexibility index (Phi) is 3.89. The van der Waals surface area contributed by atoms with Crippen LogP contribution in [0.5, 0.6) is 0 Å². The fraction of sp³-hybridized carbons (Fsp3) is 0.0588. The van der Waals surface area contributed by atoms with Crippen LogP contribution >= 0.6 is 0 Å². The average molecular weight is 313 g/mol. The van der Waals surface area contributed by atoms with E-state index in [9.17, 15) is 13.6 Å². The number of aryl methyl sites for hydroxylation is 1. The molecule has 0 atom stereocenters. The highest BCUT2D eigenvalue weighted by atomic mass is 19.1. The molecule has 0 aliphatic heterocycles. The highest BCUT2D eigenvalue weighted by Gasteiger charge is 2.10. The minimum absolute atomic E-state index is 0.0299. The molecule has 2 aromatic carbocycles. The fourth-order valence-electron chi connectivity index (χ4n) is 2.19. The highest BCUT2D eigenvalue weighted by molar-refractivity contribution is 5.83. The molecule has 0 aliphatic rings. The molecule has 23 heavy (non-hydrogen) atoms. The van der Waals surface area contributed by atoms with E-state index in [0.29, 0.717) is 16.9 Å². The summed E-state index contributed by atoms with van der Waals surface area (Å²) in [6.45, 7) is 1.73. The van der Waals surface area contributed by atoms with Crippen LogP contribution in [0.3, 0.4) is 0 Å². The van der Waals surface area contributed by atoms with E-state index in [0.717, 1.165) is 12.1 Å². The minimum atomic E-state index is -0.780. The van der Waals surface area contributed by atoms with E-state index in [4.69, 9.17) is 0 Å². The lowest BCUT2D eigenvalue weighted by molar-refractivity contribution is 0.585. The normalized spacial score (nSPS) is 11.3. The zero-order valence-electron chi connectivity index (χ0n) is 12.3. The molecule has 0 bridgehead atoms. The molecule has 0 fully saturated rings. The minimum Gasteiger partial charge on any atom is -0.295 e. The van der Waals surface area contributed by atoms with Gasteiger partial charge in [0.25, 0.3) is 5.56 Å². The smallest absolute Gasteiger partial charge is 0.280 e. The molecule has 3 rings (SSSR count). The first kappa shape index (κ1) is 14.9. The van der Waals surface area contributed by atoms with Crippen LogP contribution in [0.2, 0.25) is 0 Å². The van der Waals surface area contributed by atoms with Crippen molar-refractivity contribution >= 4 is 11.9 Å². The van der Waals surface area contributed by atoms with Gasteiger partial charge < -0.3 is 0 Å². The van der Waals surface area contributed by atoms with Crippen LogP contribution in [0.25, 0.3) is 5.69 Å². The predicted octanol–water partition coefficient (Wildman–Crippen LogP) is 3.50. The van der Waals surface area contributed by atoms with Crippen molar-refractivity contribution in [2.45, 2.75) is 6.92 Å². The molecule has 1 N–H and O–H groups in total. The third-order valence-electron chi connectivity index (χ3n) is 3.37. The number of aliphatic imine (C=N–C) groups is 1. The van der Waals surface area contributed by atoms with Crippen LogP contribution < -0.4 is 5.56 Å². The summed E-state index contributed by atoms with van der Waals surface area (Å²) in [6, 6.07) is 12.2. The number of aromatic nitrogens is 2. The van der Waals surface area contributed by atoms with Gasteiger partial charge in [-0.25, -0.2) is 13.5 Å². The molecule has 0 saturated heterocycles. The van der Waals surface area contributed by atoms with Gasteiger partial charge in [-0.3, -0.25) is 14.9 Å². The molecule has 4 nitrogen and oxygen atoms in total. The molecule has 0 amide bonds. The van der Waals surface area contributed by atoms with Crippen molar-refractivity contribution in [1.82, 2.24) is 9.78 Å². The van der Waals surface area contributed by atoms with Crippen molar-refractivity contribution in [3.8, 4) is 5.69 Å². The highest BCUT2D eigenvalue weighted by Crippen LogP contribution is 2.18. The summed E-state index contributed by atoms with van der Waals surface area (Å²) in [5.41, 5.74) is 1.29. The van der Waals surface area contributed by atoms with E-state index in [2.05, 4.69) is 10.1 Å². The zero-order chi connectivity index (χ0) is 16.4. The van der Waals surface area contributed by atoms with Crippen molar-refractivity contribution in [3.05, 3.63) is 81.8 Å². The monoisotopic (exact) mass is 313 g/mol. The Bertz CT molecular complexity index is 927. The summed E-state index contributed by atoms with van der Waals surface area (Å²) in [4.78, 5) is 16.4. The lowest BCUT2D eigenvalue weighted by Gasteiger charge is -1.99. The van der Waals surface area contributed by atoms with E-state index in [1.54, 1.807) is 19.1 Å².